The van der Waals surface area contributed by atoms with E-state index in [1.807, 2.05) is 24.4 Å². The molecule has 0 amide bonds. The Kier molecular flexibility index (Phi) is 3.31. The summed E-state index contributed by atoms with van der Waals surface area (Å²) in [6.07, 6.45) is 3.54. The Bertz CT molecular complexity index is 1540. The summed E-state index contributed by atoms with van der Waals surface area (Å²) in [6.45, 7) is 6.80. The highest BCUT2D eigenvalue weighted by molar-refractivity contribution is 7.17. The van der Waals surface area contributed by atoms with Crippen molar-refractivity contribution in [1.29, 1.82) is 0 Å². The third kappa shape index (κ3) is 2.39. The van der Waals surface area contributed by atoms with Crippen molar-refractivity contribution in [1.82, 2.24) is 4.98 Å². The third-order valence-corrected chi connectivity index (χ3v) is 6.58. The van der Waals surface area contributed by atoms with Crippen LogP contribution in [0.3, 0.4) is 0 Å². The second-order valence-corrected chi connectivity index (χ2v) is 9.44. The molecule has 0 atom stereocenters. The molecule has 6 aromatic rings. The fraction of sp³-hybridized carbons (Fsp3) is 0.160. The van der Waals surface area contributed by atoms with E-state index in [2.05, 4.69) is 50.4 Å². The summed E-state index contributed by atoms with van der Waals surface area (Å²) in [5.41, 5.74) is 6.03. The van der Waals surface area contributed by atoms with Gasteiger partial charge in [0.15, 0.2) is 0 Å². The Morgan fingerprint density at radius 3 is 2.69 bits per heavy atom. The van der Waals surface area contributed by atoms with Crippen LogP contribution in [0.2, 0.25) is 0 Å². The average Bonchev–Trinajstić information content (AvgIpc) is 3.42. The Labute approximate surface area is 171 Å². The highest BCUT2D eigenvalue weighted by atomic mass is 32.1. The molecule has 0 aliphatic rings. The molecule has 0 aliphatic heterocycles. The zero-order valence-electron chi connectivity index (χ0n) is 16.4. The van der Waals surface area contributed by atoms with Crippen LogP contribution < -0.4 is 0 Å². The van der Waals surface area contributed by atoms with Crippen molar-refractivity contribution < 1.29 is 8.83 Å². The quantitative estimate of drug-likeness (QED) is 0.283. The van der Waals surface area contributed by atoms with Crippen molar-refractivity contribution in [3.63, 3.8) is 0 Å². The molecular weight excluding hydrogens is 378 g/mol. The predicted molar refractivity (Wildman–Crippen MR) is 121 cm³/mol. The number of hydrogen-bond acceptors (Lipinski definition) is 4. The van der Waals surface area contributed by atoms with E-state index >= 15 is 0 Å². The van der Waals surface area contributed by atoms with E-state index < -0.39 is 0 Å². The van der Waals surface area contributed by atoms with Gasteiger partial charge in [0.05, 0.1) is 22.7 Å². The second-order valence-electron chi connectivity index (χ2n) is 8.52. The van der Waals surface area contributed by atoms with Crippen LogP contribution in [0.1, 0.15) is 26.3 Å². The smallest absolute Gasteiger partial charge is 0.146 e. The number of nitrogens with zero attached hydrogens (tertiary/aromatic N) is 1. The topological polar surface area (TPSA) is 39.2 Å². The minimum atomic E-state index is 0.0500. The fourth-order valence-corrected chi connectivity index (χ4v) is 5.32. The summed E-state index contributed by atoms with van der Waals surface area (Å²) in [5.74, 6) is 0. The van der Waals surface area contributed by atoms with Crippen LogP contribution in [0.15, 0.2) is 69.1 Å². The van der Waals surface area contributed by atoms with E-state index in [-0.39, 0.29) is 5.41 Å². The third-order valence-electron chi connectivity index (χ3n) is 5.61. The molecule has 0 bridgehead atoms. The first-order valence-electron chi connectivity index (χ1n) is 9.70. The molecule has 0 radical (unpaired) electrons. The number of pyridine rings is 1. The molecule has 0 N–H and O–H groups in total. The first-order chi connectivity index (χ1) is 14.0. The van der Waals surface area contributed by atoms with Gasteiger partial charge in [-0.3, -0.25) is 4.98 Å². The van der Waals surface area contributed by atoms with Gasteiger partial charge < -0.3 is 8.83 Å². The van der Waals surface area contributed by atoms with Gasteiger partial charge >= 0.3 is 0 Å². The molecule has 0 saturated carbocycles. The minimum absolute atomic E-state index is 0.0500. The first-order valence-corrected chi connectivity index (χ1v) is 10.6. The van der Waals surface area contributed by atoms with E-state index in [1.165, 1.54) is 15.6 Å². The maximum Gasteiger partial charge on any atom is 0.146 e. The maximum atomic E-state index is 6.26. The Balaban J connectivity index is 1.73. The summed E-state index contributed by atoms with van der Waals surface area (Å²) in [7, 11) is 0. The van der Waals surface area contributed by atoms with Gasteiger partial charge in [0.1, 0.15) is 16.7 Å². The molecule has 4 heterocycles. The van der Waals surface area contributed by atoms with Gasteiger partial charge in [0, 0.05) is 21.8 Å². The van der Waals surface area contributed by atoms with Crippen LogP contribution in [0.25, 0.3) is 54.3 Å². The molecule has 4 heteroatoms. The molecule has 0 saturated heterocycles. The van der Waals surface area contributed by atoms with Crippen LogP contribution in [-0.2, 0) is 5.41 Å². The summed E-state index contributed by atoms with van der Waals surface area (Å²) in [6, 6.07) is 14.7. The zero-order valence-corrected chi connectivity index (χ0v) is 17.3. The van der Waals surface area contributed by atoms with Gasteiger partial charge in [-0.25, -0.2) is 0 Å². The van der Waals surface area contributed by atoms with Gasteiger partial charge in [0.2, 0.25) is 0 Å². The summed E-state index contributed by atoms with van der Waals surface area (Å²) in [5, 5.41) is 6.55. The van der Waals surface area contributed by atoms with Crippen LogP contribution in [0, 0.1) is 0 Å². The highest BCUT2D eigenvalue weighted by Gasteiger charge is 2.22. The summed E-state index contributed by atoms with van der Waals surface area (Å²) in [4.78, 5) is 4.80. The molecule has 2 aromatic carbocycles. The molecule has 0 aliphatic carbocycles. The number of hydrogen-bond donors (Lipinski definition) is 0. The van der Waals surface area contributed by atoms with Crippen LogP contribution in [-0.4, -0.2) is 4.98 Å². The second kappa shape index (κ2) is 5.71. The average molecular weight is 397 g/mol. The first kappa shape index (κ1) is 16.8. The molecule has 4 aromatic heterocycles. The van der Waals surface area contributed by atoms with E-state index in [4.69, 9.17) is 13.8 Å². The predicted octanol–water partition coefficient (Wildman–Crippen LogP) is 7.91. The standard InChI is InChI=1S/C25H19NO2S/c1-25(2,3)18-13-15(12-14-8-11-29-24(14)18)22-21-17-4-5-19-16(7-10-27-19)23(17)28-20(21)6-9-26-22/h4-13H,1-3H3. The van der Waals surface area contributed by atoms with Crippen LogP contribution in [0.4, 0.5) is 0 Å². The number of aromatic nitrogens is 1. The van der Waals surface area contributed by atoms with Gasteiger partial charge in [-0.1, -0.05) is 20.8 Å². The minimum Gasteiger partial charge on any atom is -0.464 e. The van der Waals surface area contributed by atoms with Crippen LogP contribution >= 0.6 is 11.3 Å². The van der Waals surface area contributed by atoms with Crippen molar-refractivity contribution in [2.45, 2.75) is 26.2 Å². The monoisotopic (exact) mass is 397 g/mol. The summed E-state index contributed by atoms with van der Waals surface area (Å²) < 4.78 is 13.2. The Morgan fingerprint density at radius 1 is 0.931 bits per heavy atom. The van der Waals surface area contributed by atoms with Gasteiger partial charge in [0.25, 0.3) is 0 Å². The van der Waals surface area contributed by atoms with E-state index in [1.54, 1.807) is 17.6 Å². The molecule has 0 spiro atoms. The SMILES string of the molecule is CC(C)(C)c1cc(-c2nccc3oc4c5ccoc5ccc4c23)cc2ccsc12. The largest absolute Gasteiger partial charge is 0.464 e. The molecule has 3 nitrogen and oxygen atoms in total. The van der Waals surface area contributed by atoms with Crippen LogP contribution in [0.5, 0.6) is 0 Å². The number of thiophene rings is 1. The van der Waals surface area contributed by atoms with Crippen molar-refractivity contribution in [2.24, 2.45) is 0 Å². The molecule has 29 heavy (non-hydrogen) atoms. The number of benzene rings is 2. The summed E-state index contributed by atoms with van der Waals surface area (Å²) >= 11 is 1.81. The Morgan fingerprint density at radius 2 is 1.83 bits per heavy atom. The van der Waals surface area contributed by atoms with Crippen molar-refractivity contribution in [3.05, 3.63) is 65.9 Å². The fourth-order valence-electron chi connectivity index (χ4n) is 4.22. The molecule has 6 rings (SSSR count). The molecule has 0 fully saturated rings. The van der Waals surface area contributed by atoms with Gasteiger partial charge in [-0.15, -0.1) is 11.3 Å². The van der Waals surface area contributed by atoms with Crippen molar-refractivity contribution in [3.8, 4) is 11.3 Å². The zero-order chi connectivity index (χ0) is 19.8. The molecular formula is C25H19NO2S. The maximum absolute atomic E-state index is 6.26. The molecule has 142 valence electrons. The number of rotatable bonds is 1. The Hall–Kier alpha value is -3.11. The van der Waals surface area contributed by atoms with Crippen molar-refractivity contribution in [2.75, 3.05) is 0 Å². The highest BCUT2D eigenvalue weighted by Crippen LogP contribution is 2.42. The lowest BCUT2D eigenvalue weighted by molar-refractivity contribution is 0.597. The van der Waals surface area contributed by atoms with Crippen molar-refractivity contribution >= 4 is 54.3 Å². The number of fused-ring (bicyclic) bond motifs is 6. The normalized spacial score (nSPS) is 12.7. The van der Waals surface area contributed by atoms with E-state index in [9.17, 15) is 0 Å². The van der Waals surface area contributed by atoms with E-state index in [0.29, 0.717) is 0 Å². The molecule has 0 unspecified atom stereocenters. The lowest BCUT2D eigenvalue weighted by Gasteiger charge is -2.21. The lowest BCUT2D eigenvalue weighted by Crippen LogP contribution is -2.11. The van der Waals surface area contributed by atoms with Gasteiger partial charge in [-0.05, 0) is 64.2 Å². The lowest BCUT2D eigenvalue weighted by atomic mass is 9.85. The number of furan rings is 2. The van der Waals surface area contributed by atoms with Gasteiger partial charge in [-0.2, -0.15) is 0 Å². The van der Waals surface area contributed by atoms with E-state index in [0.717, 1.165) is 44.2 Å².